The van der Waals surface area contributed by atoms with Crippen LogP contribution in [0.5, 0.6) is 5.75 Å². The van der Waals surface area contributed by atoms with E-state index in [0.29, 0.717) is 29.9 Å². The predicted octanol–water partition coefficient (Wildman–Crippen LogP) is 3.50. The summed E-state index contributed by atoms with van der Waals surface area (Å²) < 4.78 is 43.2. The normalized spacial score (nSPS) is 16.8. The highest BCUT2D eigenvalue weighted by Crippen LogP contribution is 2.34. The minimum absolute atomic E-state index is 0.0384. The number of carbonyl (C=O) groups is 1. The van der Waals surface area contributed by atoms with E-state index in [-0.39, 0.29) is 25.0 Å². The van der Waals surface area contributed by atoms with Crippen molar-refractivity contribution in [2.45, 2.75) is 25.2 Å². The van der Waals surface area contributed by atoms with E-state index >= 15 is 0 Å². The van der Waals surface area contributed by atoms with Gasteiger partial charge in [0.2, 0.25) is 5.91 Å². The van der Waals surface area contributed by atoms with E-state index in [0.717, 1.165) is 17.4 Å². The van der Waals surface area contributed by atoms with Crippen molar-refractivity contribution < 1.29 is 22.7 Å². The van der Waals surface area contributed by atoms with E-state index in [4.69, 9.17) is 4.74 Å². The maximum atomic E-state index is 12.5. The number of nitrogens with one attached hydrogen (secondary N) is 2. The second kappa shape index (κ2) is 7.45. The van der Waals surface area contributed by atoms with Gasteiger partial charge in [0.1, 0.15) is 10.6 Å². The van der Waals surface area contributed by atoms with E-state index in [1.807, 2.05) is 24.3 Å². The number of fused-ring (bicyclic) bond motifs is 1. The number of carbonyl (C=O) groups excluding carboxylic acids is 1. The number of benzene rings is 1. The number of halogens is 3. The largest absolute Gasteiger partial charge is 0.493 e. The summed E-state index contributed by atoms with van der Waals surface area (Å²) in [6.07, 6.45) is -3.64. The van der Waals surface area contributed by atoms with Gasteiger partial charge in [-0.1, -0.05) is 18.2 Å². The lowest BCUT2D eigenvalue weighted by Gasteiger charge is -2.26. The lowest BCUT2D eigenvalue weighted by molar-refractivity contribution is -0.134. The zero-order valence-electron chi connectivity index (χ0n) is 13.2. The molecule has 0 radical (unpaired) electrons. The molecule has 134 valence electrons. The molecule has 1 aliphatic rings. The maximum Gasteiger partial charge on any atom is 0.425 e. The van der Waals surface area contributed by atoms with Gasteiger partial charge in [0, 0.05) is 18.5 Å². The smallest absolute Gasteiger partial charge is 0.425 e. The highest BCUT2D eigenvalue weighted by atomic mass is 32.1. The number of para-hydroxylation sites is 1. The van der Waals surface area contributed by atoms with Crippen LogP contribution < -0.4 is 15.4 Å². The Kier molecular flexibility index (Phi) is 5.29. The number of hydrogen-bond donors (Lipinski definition) is 2. The second-order valence-electron chi connectivity index (χ2n) is 5.72. The Morgan fingerprint density at radius 2 is 2.12 bits per heavy atom. The molecule has 0 spiro atoms. The summed E-state index contributed by atoms with van der Waals surface area (Å²) in [7, 11) is 0. The van der Waals surface area contributed by atoms with Gasteiger partial charge in [-0.2, -0.15) is 13.2 Å². The quantitative estimate of drug-likeness (QED) is 0.847. The Balaban J connectivity index is 1.48. The van der Waals surface area contributed by atoms with Gasteiger partial charge in [-0.15, -0.1) is 11.3 Å². The minimum Gasteiger partial charge on any atom is -0.493 e. The third kappa shape index (κ3) is 4.52. The van der Waals surface area contributed by atoms with E-state index < -0.39 is 11.1 Å². The van der Waals surface area contributed by atoms with Gasteiger partial charge >= 0.3 is 6.18 Å². The predicted molar refractivity (Wildman–Crippen MR) is 88.5 cm³/mol. The molecule has 0 aliphatic carbocycles. The fraction of sp³-hybridized carbons (Fsp3) is 0.353. The van der Waals surface area contributed by atoms with Gasteiger partial charge < -0.3 is 15.4 Å². The number of alkyl halides is 3. The summed E-state index contributed by atoms with van der Waals surface area (Å²) in [5.41, 5.74) is 1.45. The van der Waals surface area contributed by atoms with Gasteiger partial charge in [0.05, 0.1) is 19.2 Å². The van der Waals surface area contributed by atoms with Crippen molar-refractivity contribution in [1.29, 1.82) is 0 Å². The molecule has 0 fully saturated rings. The average molecular weight is 370 g/mol. The Hall–Kier alpha value is -2.06. The van der Waals surface area contributed by atoms with Crippen molar-refractivity contribution in [3.63, 3.8) is 0 Å². The fourth-order valence-electron chi connectivity index (χ4n) is 2.67. The Morgan fingerprint density at radius 3 is 2.88 bits per heavy atom. The minimum atomic E-state index is -4.32. The van der Waals surface area contributed by atoms with Gasteiger partial charge in [-0.25, -0.2) is 0 Å². The Labute approximate surface area is 147 Å². The van der Waals surface area contributed by atoms with E-state index in [9.17, 15) is 18.0 Å². The highest BCUT2D eigenvalue weighted by molar-refractivity contribution is 7.10. The molecule has 0 saturated carbocycles. The first kappa shape index (κ1) is 17.8. The molecule has 1 atom stereocenters. The standard InChI is InChI=1S/C17H17F3N2O2S/c18-17(19,20)15-7-11(10-25-15)8-21-9-16(23)22-13-5-6-24-14-4-2-1-3-12(13)14/h1-4,7,10,13,21H,5-6,8-9H2,(H,22,23). The first-order valence-corrected chi connectivity index (χ1v) is 8.68. The summed E-state index contributed by atoms with van der Waals surface area (Å²) in [5, 5.41) is 7.25. The SMILES string of the molecule is O=C(CNCc1csc(C(F)(F)F)c1)NC1CCOc2ccccc21. The second-order valence-corrected chi connectivity index (χ2v) is 6.63. The Morgan fingerprint density at radius 1 is 1.32 bits per heavy atom. The topological polar surface area (TPSA) is 50.4 Å². The van der Waals surface area contributed by atoms with Crippen LogP contribution in [0.2, 0.25) is 0 Å². The summed E-state index contributed by atoms with van der Waals surface area (Å²) in [6, 6.07) is 8.53. The molecule has 1 aromatic heterocycles. The van der Waals surface area contributed by atoms with Crippen LogP contribution in [-0.2, 0) is 17.5 Å². The number of rotatable bonds is 5. The van der Waals surface area contributed by atoms with Crippen LogP contribution in [0, 0.1) is 0 Å². The molecule has 0 saturated heterocycles. The van der Waals surface area contributed by atoms with E-state index in [1.165, 1.54) is 5.38 Å². The monoisotopic (exact) mass is 370 g/mol. The third-order valence-corrected chi connectivity index (χ3v) is 4.87. The summed E-state index contributed by atoms with van der Waals surface area (Å²) in [4.78, 5) is 11.5. The molecular formula is C17H17F3N2O2S. The van der Waals surface area contributed by atoms with Crippen molar-refractivity contribution in [1.82, 2.24) is 10.6 Å². The molecular weight excluding hydrogens is 353 g/mol. The molecule has 0 bridgehead atoms. The van der Waals surface area contributed by atoms with Crippen LogP contribution in [0.1, 0.15) is 28.5 Å². The fourth-order valence-corrected chi connectivity index (χ4v) is 3.46. The molecule has 3 rings (SSSR count). The summed E-state index contributed by atoms with van der Waals surface area (Å²) in [5.74, 6) is 0.568. The molecule has 1 amide bonds. The van der Waals surface area contributed by atoms with Crippen molar-refractivity contribution in [2.24, 2.45) is 0 Å². The zero-order valence-corrected chi connectivity index (χ0v) is 14.0. The lowest BCUT2D eigenvalue weighted by atomic mass is 10.0. The average Bonchev–Trinajstić information content (AvgIpc) is 3.04. The third-order valence-electron chi connectivity index (χ3n) is 3.84. The first-order valence-electron chi connectivity index (χ1n) is 7.80. The highest BCUT2D eigenvalue weighted by Gasteiger charge is 2.32. The Bertz CT molecular complexity index is 745. The van der Waals surface area contributed by atoms with Crippen LogP contribution in [0.3, 0.4) is 0 Å². The van der Waals surface area contributed by atoms with Gasteiger partial charge in [0.15, 0.2) is 0 Å². The molecule has 2 heterocycles. The van der Waals surface area contributed by atoms with Crippen molar-refractivity contribution in [3.8, 4) is 5.75 Å². The van der Waals surface area contributed by atoms with Crippen LogP contribution in [0.4, 0.5) is 13.2 Å². The number of amides is 1. The van der Waals surface area contributed by atoms with Gasteiger partial charge in [0.25, 0.3) is 0 Å². The van der Waals surface area contributed by atoms with Crippen molar-refractivity contribution >= 4 is 17.2 Å². The van der Waals surface area contributed by atoms with E-state index in [2.05, 4.69) is 10.6 Å². The zero-order chi connectivity index (χ0) is 17.9. The van der Waals surface area contributed by atoms with Crippen molar-refractivity contribution in [2.75, 3.05) is 13.2 Å². The van der Waals surface area contributed by atoms with Crippen LogP contribution >= 0.6 is 11.3 Å². The van der Waals surface area contributed by atoms with Gasteiger partial charge in [-0.05, 0) is 23.1 Å². The molecule has 2 aromatic rings. The maximum absolute atomic E-state index is 12.5. The van der Waals surface area contributed by atoms with Crippen LogP contribution in [0.15, 0.2) is 35.7 Å². The number of hydrogen-bond acceptors (Lipinski definition) is 4. The van der Waals surface area contributed by atoms with Crippen LogP contribution in [0.25, 0.3) is 0 Å². The molecule has 25 heavy (non-hydrogen) atoms. The molecule has 1 unspecified atom stereocenters. The summed E-state index contributed by atoms with van der Waals surface area (Å²) in [6.45, 7) is 0.783. The lowest BCUT2D eigenvalue weighted by Crippen LogP contribution is -2.37. The summed E-state index contributed by atoms with van der Waals surface area (Å²) >= 11 is 0.657. The number of thiophene rings is 1. The van der Waals surface area contributed by atoms with Crippen LogP contribution in [-0.4, -0.2) is 19.1 Å². The molecule has 4 nitrogen and oxygen atoms in total. The molecule has 1 aromatic carbocycles. The van der Waals surface area contributed by atoms with Gasteiger partial charge in [-0.3, -0.25) is 4.79 Å². The first-order chi connectivity index (χ1) is 11.9. The van der Waals surface area contributed by atoms with Crippen molar-refractivity contribution in [3.05, 3.63) is 51.7 Å². The van der Waals surface area contributed by atoms with E-state index in [1.54, 1.807) is 0 Å². The molecule has 2 N–H and O–H groups in total. The molecule has 1 aliphatic heterocycles. The molecule has 8 heteroatoms. The number of ether oxygens (including phenoxy) is 1.